The number of Topliss-reactive ketones (excluding diaryl/α,β-unsaturated/α-hetero) is 1. The van der Waals surface area contributed by atoms with E-state index < -0.39 is 42.4 Å². The number of anilines is 1. The fourth-order valence-electron chi connectivity index (χ4n) is 3.14. The lowest BCUT2D eigenvalue weighted by Crippen LogP contribution is -2.24. The van der Waals surface area contributed by atoms with Crippen LogP contribution in [0.1, 0.15) is 41.3 Å². The van der Waals surface area contributed by atoms with E-state index in [1.165, 1.54) is 25.1 Å². The minimum absolute atomic E-state index is 0.0504. The molecule has 0 aromatic heterocycles. The van der Waals surface area contributed by atoms with Crippen LogP contribution in [0.15, 0.2) is 28.7 Å². The third-order valence-electron chi connectivity index (χ3n) is 4.96. The summed E-state index contributed by atoms with van der Waals surface area (Å²) in [4.78, 5) is 34.8. The SMILES string of the molecule is COC(=O)C(=O)Nc1cc(OCCCOc2ccc(C(C)=O)c(O)c2CCC(F)(F)F)c(C)cc1Br. The molecule has 0 saturated carbocycles. The van der Waals surface area contributed by atoms with Crippen LogP contribution in [0.5, 0.6) is 17.2 Å². The molecule has 2 aromatic rings. The summed E-state index contributed by atoms with van der Waals surface area (Å²) in [6.45, 7) is 3.19. The Labute approximate surface area is 213 Å². The molecule has 2 aromatic carbocycles. The van der Waals surface area contributed by atoms with Gasteiger partial charge >= 0.3 is 18.1 Å². The second-order valence-electron chi connectivity index (χ2n) is 7.70. The van der Waals surface area contributed by atoms with E-state index in [1.54, 1.807) is 13.0 Å². The number of amides is 1. The van der Waals surface area contributed by atoms with Gasteiger partial charge in [-0.3, -0.25) is 9.59 Å². The molecule has 0 aliphatic carbocycles. The Morgan fingerprint density at radius 3 is 2.31 bits per heavy atom. The lowest BCUT2D eigenvalue weighted by molar-refractivity contribution is -0.150. The van der Waals surface area contributed by atoms with Crippen LogP contribution in [0.25, 0.3) is 0 Å². The topological polar surface area (TPSA) is 111 Å². The number of ketones is 1. The van der Waals surface area contributed by atoms with Crippen molar-refractivity contribution in [2.75, 3.05) is 25.6 Å². The molecule has 1 amide bonds. The first-order valence-corrected chi connectivity index (χ1v) is 11.5. The summed E-state index contributed by atoms with van der Waals surface area (Å²) in [6.07, 6.45) is -5.84. The summed E-state index contributed by atoms with van der Waals surface area (Å²) in [7, 11) is 1.08. The smallest absolute Gasteiger partial charge is 0.396 e. The molecule has 0 unspecified atom stereocenters. The number of hydrogen-bond donors (Lipinski definition) is 2. The molecule has 12 heteroatoms. The van der Waals surface area contributed by atoms with Gasteiger partial charge in [0, 0.05) is 28.9 Å². The van der Waals surface area contributed by atoms with Crippen LogP contribution >= 0.6 is 15.9 Å². The Kier molecular flexibility index (Phi) is 10.1. The molecule has 2 N–H and O–H groups in total. The number of halogens is 4. The number of carbonyl (C=O) groups excluding carboxylic acids is 3. The van der Waals surface area contributed by atoms with Gasteiger partial charge in [-0.1, -0.05) is 0 Å². The maximum atomic E-state index is 12.7. The molecule has 0 aliphatic rings. The zero-order valence-corrected chi connectivity index (χ0v) is 21.3. The minimum atomic E-state index is -4.44. The summed E-state index contributed by atoms with van der Waals surface area (Å²) < 4.78 is 54.4. The Hall–Kier alpha value is -3.28. The number of benzene rings is 2. The predicted octanol–water partition coefficient (Wildman–Crippen LogP) is 5.12. The van der Waals surface area contributed by atoms with Crippen LogP contribution in [0.3, 0.4) is 0 Å². The number of hydrogen-bond acceptors (Lipinski definition) is 7. The fraction of sp³-hybridized carbons (Fsp3) is 0.375. The van der Waals surface area contributed by atoms with E-state index in [1.807, 2.05) is 0 Å². The second-order valence-corrected chi connectivity index (χ2v) is 8.56. The van der Waals surface area contributed by atoms with Crippen molar-refractivity contribution in [2.24, 2.45) is 0 Å². The lowest BCUT2D eigenvalue weighted by atomic mass is 10.0. The average molecular weight is 576 g/mol. The van der Waals surface area contributed by atoms with E-state index in [0.717, 1.165) is 12.7 Å². The standard InChI is InChI=1S/C24H25BrF3NO7/c1-13-11-17(25)18(29-22(32)23(33)34-3)12-20(13)36-10-4-9-35-19-6-5-15(14(2)30)21(31)16(19)7-8-24(26,27)28/h5-6,11-12,31H,4,7-10H2,1-3H3,(H,29,32). The lowest BCUT2D eigenvalue weighted by Gasteiger charge is -2.16. The molecule has 0 radical (unpaired) electrons. The van der Waals surface area contributed by atoms with Crippen LogP contribution in [0, 0.1) is 6.92 Å². The maximum absolute atomic E-state index is 12.7. The number of phenols is 1. The Morgan fingerprint density at radius 1 is 1.08 bits per heavy atom. The second kappa shape index (κ2) is 12.6. The average Bonchev–Trinajstić information content (AvgIpc) is 2.79. The molecule has 36 heavy (non-hydrogen) atoms. The number of ether oxygens (including phenoxy) is 3. The molecule has 0 fully saturated rings. The molecule has 0 aliphatic heterocycles. The zero-order valence-electron chi connectivity index (χ0n) is 19.8. The van der Waals surface area contributed by atoms with E-state index in [-0.39, 0.29) is 35.8 Å². The fourth-order valence-corrected chi connectivity index (χ4v) is 3.70. The molecule has 196 valence electrons. The minimum Gasteiger partial charge on any atom is -0.507 e. The molecule has 0 atom stereocenters. The molecular weight excluding hydrogens is 551 g/mol. The van der Waals surface area contributed by atoms with Crippen LogP contribution < -0.4 is 14.8 Å². The largest absolute Gasteiger partial charge is 0.507 e. The molecule has 0 saturated heterocycles. The van der Waals surface area contributed by atoms with Crippen LogP contribution in [0.2, 0.25) is 0 Å². The van der Waals surface area contributed by atoms with E-state index in [4.69, 9.17) is 9.47 Å². The third kappa shape index (κ3) is 8.14. The number of methoxy groups -OCH3 is 1. The van der Waals surface area contributed by atoms with Crippen LogP contribution in [0.4, 0.5) is 18.9 Å². The molecule has 0 bridgehead atoms. The third-order valence-corrected chi connectivity index (χ3v) is 5.62. The normalized spacial score (nSPS) is 11.1. The van der Waals surface area contributed by atoms with Crippen molar-refractivity contribution < 1.29 is 46.9 Å². The highest BCUT2D eigenvalue weighted by atomic mass is 79.9. The Morgan fingerprint density at radius 2 is 1.72 bits per heavy atom. The number of aryl methyl sites for hydroxylation is 1. The van der Waals surface area contributed by atoms with Crippen LogP contribution in [-0.4, -0.2) is 49.3 Å². The number of alkyl halides is 3. The van der Waals surface area contributed by atoms with Crippen molar-refractivity contribution in [3.8, 4) is 17.2 Å². The quantitative estimate of drug-likeness (QED) is 0.175. The Balaban J connectivity index is 2.03. The molecule has 8 nitrogen and oxygen atoms in total. The summed E-state index contributed by atoms with van der Waals surface area (Å²) in [5, 5.41) is 12.7. The molecular formula is C24H25BrF3NO7. The van der Waals surface area contributed by atoms with Crippen LogP contribution in [-0.2, 0) is 20.7 Å². The van der Waals surface area contributed by atoms with E-state index in [2.05, 4.69) is 26.0 Å². The van der Waals surface area contributed by atoms with Gasteiger partial charge in [0.25, 0.3) is 0 Å². The van der Waals surface area contributed by atoms with Crippen molar-refractivity contribution in [1.82, 2.24) is 0 Å². The van der Waals surface area contributed by atoms with Crippen molar-refractivity contribution >= 4 is 39.3 Å². The molecule has 2 rings (SSSR count). The monoisotopic (exact) mass is 575 g/mol. The summed E-state index contributed by atoms with van der Waals surface area (Å²) in [5.74, 6) is -2.54. The van der Waals surface area contributed by atoms with Gasteiger partial charge in [0.2, 0.25) is 0 Å². The van der Waals surface area contributed by atoms with Crippen molar-refractivity contribution in [3.05, 3.63) is 45.4 Å². The number of rotatable bonds is 10. The van der Waals surface area contributed by atoms with Gasteiger partial charge in [0.1, 0.15) is 17.2 Å². The number of nitrogens with one attached hydrogen (secondary N) is 1. The van der Waals surface area contributed by atoms with Gasteiger partial charge in [-0.2, -0.15) is 13.2 Å². The summed E-state index contributed by atoms with van der Waals surface area (Å²) in [5.41, 5.74) is 0.856. The van der Waals surface area contributed by atoms with E-state index in [9.17, 15) is 32.7 Å². The first-order valence-electron chi connectivity index (χ1n) is 10.7. The van der Waals surface area contributed by atoms with Crippen molar-refractivity contribution in [2.45, 2.75) is 39.3 Å². The highest BCUT2D eigenvalue weighted by Gasteiger charge is 2.29. The van der Waals surface area contributed by atoms with Gasteiger partial charge in [-0.05, 0) is 60.0 Å². The van der Waals surface area contributed by atoms with Gasteiger partial charge in [0.15, 0.2) is 5.78 Å². The van der Waals surface area contributed by atoms with Crippen molar-refractivity contribution in [1.29, 1.82) is 0 Å². The van der Waals surface area contributed by atoms with Gasteiger partial charge in [0.05, 0.1) is 31.6 Å². The summed E-state index contributed by atoms with van der Waals surface area (Å²) >= 11 is 3.30. The van der Waals surface area contributed by atoms with Gasteiger partial charge in [-0.15, -0.1) is 0 Å². The zero-order chi connectivity index (χ0) is 27.0. The highest BCUT2D eigenvalue weighted by molar-refractivity contribution is 9.10. The van der Waals surface area contributed by atoms with Gasteiger partial charge in [-0.25, -0.2) is 4.79 Å². The molecule has 0 heterocycles. The van der Waals surface area contributed by atoms with E-state index in [0.29, 0.717) is 16.6 Å². The predicted molar refractivity (Wildman–Crippen MR) is 128 cm³/mol. The highest BCUT2D eigenvalue weighted by Crippen LogP contribution is 2.35. The van der Waals surface area contributed by atoms with E-state index >= 15 is 0 Å². The van der Waals surface area contributed by atoms with Crippen molar-refractivity contribution in [3.63, 3.8) is 0 Å². The number of phenolic OH excluding ortho intramolecular Hbond substituents is 1. The maximum Gasteiger partial charge on any atom is 0.396 e. The summed E-state index contributed by atoms with van der Waals surface area (Å²) in [6, 6.07) is 5.87. The number of carbonyl (C=O) groups is 3. The first kappa shape index (κ1) is 29.0. The number of aromatic hydroxyl groups is 1. The first-order chi connectivity index (χ1) is 16.8. The number of esters is 1. The Bertz CT molecular complexity index is 1140. The molecule has 0 spiro atoms. The van der Waals surface area contributed by atoms with Gasteiger partial charge < -0.3 is 24.6 Å².